The molecule has 1 N–H and O–H groups in total. The van der Waals surface area contributed by atoms with Gasteiger partial charge in [-0.15, -0.1) is 0 Å². The first-order valence-electron chi connectivity index (χ1n) is 6.36. The number of fused-ring (bicyclic) bond motifs is 1. The van der Waals surface area contributed by atoms with Gasteiger partial charge in [0.25, 0.3) is 0 Å². The molecule has 2 aliphatic heterocycles. The van der Waals surface area contributed by atoms with Crippen LogP contribution in [0.2, 0.25) is 0 Å². The third-order valence-corrected chi connectivity index (χ3v) is 3.52. The van der Waals surface area contributed by atoms with Crippen LogP contribution in [0.1, 0.15) is 6.42 Å². The zero-order valence-corrected chi connectivity index (χ0v) is 10.4. The number of carbonyl (C=O) groups excluding carboxylic acids is 1. The Hall–Kier alpha value is -1.76. The number of ether oxygens (including phenoxy) is 1. The van der Waals surface area contributed by atoms with Gasteiger partial charge in [-0.1, -0.05) is 0 Å². The lowest BCUT2D eigenvalue weighted by atomic mass is 9.93. The molecule has 0 saturated carbocycles. The lowest BCUT2D eigenvalue weighted by molar-refractivity contribution is -0.128. The van der Waals surface area contributed by atoms with Crippen LogP contribution in [-0.4, -0.2) is 48.2 Å². The van der Waals surface area contributed by atoms with E-state index in [1.165, 1.54) is 0 Å². The Kier molecular flexibility index (Phi) is 3.29. The SMILES string of the molecule is O=C1NCCO[C@@H]2CN(c3ncc(F)cn3)CC[C@H]12. The molecule has 3 heterocycles. The van der Waals surface area contributed by atoms with Crippen LogP contribution in [0, 0.1) is 11.7 Å². The van der Waals surface area contributed by atoms with E-state index < -0.39 is 5.82 Å². The van der Waals surface area contributed by atoms with Crippen LogP contribution in [0.15, 0.2) is 12.4 Å². The quantitative estimate of drug-likeness (QED) is 0.772. The predicted molar refractivity (Wildman–Crippen MR) is 65.1 cm³/mol. The number of piperidine rings is 1. The molecule has 0 unspecified atom stereocenters. The number of hydrogen-bond acceptors (Lipinski definition) is 5. The van der Waals surface area contributed by atoms with E-state index in [1.54, 1.807) is 0 Å². The summed E-state index contributed by atoms with van der Waals surface area (Å²) in [6.07, 6.45) is 2.84. The summed E-state index contributed by atoms with van der Waals surface area (Å²) in [4.78, 5) is 21.7. The van der Waals surface area contributed by atoms with E-state index in [1.807, 2.05) is 4.90 Å². The third-order valence-electron chi connectivity index (χ3n) is 3.52. The topological polar surface area (TPSA) is 67.3 Å². The molecule has 2 saturated heterocycles. The molecule has 1 aromatic rings. The minimum absolute atomic E-state index is 0.0576. The fourth-order valence-electron chi connectivity index (χ4n) is 2.55. The standard InChI is InChI=1S/C12H15FN4O2/c13-8-5-15-12(16-6-8)17-3-1-9-10(7-17)19-4-2-14-11(9)18/h5-6,9-10H,1-4,7H2,(H,14,18)/t9-,10+/m0/s1. The van der Waals surface area contributed by atoms with E-state index in [2.05, 4.69) is 15.3 Å². The van der Waals surface area contributed by atoms with Crippen molar-refractivity contribution in [2.24, 2.45) is 5.92 Å². The fourth-order valence-corrected chi connectivity index (χ4v) is 2.55. The molecule has 2 aliphatic rings. The van der Waals surface area contributed by atoms with Crippen molar-refractivity contribution in [2.45, 2.75) is 12.5 Å². The van der Waals surface area contributed by atoms with E-state index in [0.29, 0.717) is 38.6 Å². The Labute approximate surface area is 110 Å². The van der Waals surface area contributed by atoms with Gasteiger partial charge in [0, 0.05) is 19.6 Å². The molecule has 0 aliphatic carbocycles. The number of carbonyl (C=O) groups is 1. The molecule has 0 radical (unpaired) electrons. The van der Waals surface area contributed by atoms with Crippen molar-refractivity contribution in [1.82, 2.24) is 15.3 Å². The third kappa shape index (κ3) is 2.51. The van der Waals surface area contributed by atoms with Gasteiger partial charge in [-0.25, -0.2) is 14.4 Å². The molecule has 102 valence electrons. The van der Waals surface area contributed by atoms with Gasteiger partial charge in [-0.05, 0) is 6.42 Å². The molecule has 0 bridgehead atoms. The highest BCUT2D eigenvalue weighted by Gasteiger charge is 2.36. The summed E-state index contributed by atoms with van der Waals surface area (Å²) >= 11 is 0. The monoisotopic (exact) mass is 266 g/mol. The van der Waals surface area contributed by atoms with Gasteiger partial charge in [-0.3, -0.25) is 4.79 Å². The van der Waals surface area contributed by atoms with Crippen LogP contribution in [0.25, 0.3) is 0 Å². The van der Waals surface area contributed by atoms with Crippen LogP contribution in [0.3, 0.4) is 0 Å². The van der Waals surface area contributed by atoms with Gasteiger partial charge in [0.05, 0.1) is 31.0 Å². The smallest absolute Gasteiger partial charge is 0.225 e. The maximum Gasteiger partial charge on any atom is 0.225 e. The van der Waals surface area contributed by atoms with Gasteiger partial charge >= 0.3 is 0 Å². The summed E-state index contributed by atoms with van der Waals surface area (Å²) in [5, 5.41) is 2.84. The Morgan fingerprint density at radius 2 is 2.21 bits per heavy atom. The van der Waals surface area contributed by atoms with Gasteiger partial charge in [0.1, 0.15) is 0 Å². The van der Waals surface area contributed by atoms with E-state index in [-0.39, 0.29) is 17.9 Å². The van der Waals surface area contributed by atoms with E-state index >= 15 is 0 Å². The normalized spacial score (nSPS) is 27.4. The highest BCUT2D eigenvalue weighted by Crippen LogP contribution is 2.24. The number of nitrogens with one attached hydrogen (secondary N) is 1. The molecule has 6 nitrogen and oxygen atoms in total. The first-order chi connectivity index (χ1) is 9.24. The Morgan fingerprint density at radius 1 is 1.42 bits per heavy atom. The lowest BCUT2D eigenvalue weighted by Gasteiger charge is -2.36. The molecule has 19 heavy (non-hydrogen) atoms. The largest absolute Gasteiger partial charge is 0.374 e. The Bertz CT molecular complexity index is 467. The first-order valence-corrected chi connectivity index (χ1v) is 6.36. The summed E-state index contributed by atoms with van der Waals surface area (Å²) in [6, 6.07) is 0. The molecule has 0 spiro atoms. The van der Waals surface area contributed by atoms with Crippen LogP contribution in [0.5, 0.6) is 0 Å². The zero-order chi connectivity index (χ0) is 13.2. The Morgan fingerprint density at radius 3 is 3.00 bits per heavy atom. The molecule has 2 fully saturated rings. The van der Waals surface area contributed by atoms with Gasteiger partial charge in [-0.2, -0.15) is 0 Å². The zero-order valence-electron chi connectivity index (χ0n) is 10.4. The van der Waals surface area contributed by atoms with Crippen LogP contribution >= 0.6 is 0 Å². The highest BCUT2D eigenvalue weighted by atomic mass is 19.1. The van der Waals surface area contributed by atoms with E-state index in [9.17, 15) is 9.18 Å². The van der Waals surface area contributed by atoms with Gasteiger partial charge in [0.15, 0.2) is 5.82 Å². The lowest BCUT2D eigenvalue weighted by Crippen LogP contribution is -2.49. The Balaban J connectivity index is 1.74. The predicted octanol–water partition coefficient (Wildman–Crippen LogP) is -0.0430. The van der Waals surface area contributed by atoms with Gasteiger partial charge in [0.2, 0.25) is 11.9 Å². The number of halogens is 1. The molecule has 1 aromatic heterocycles. The summed E-state index contributed by atoms with van der Waals surface area (Å²) in [5.74, 6) is -0.0294. The molecule has 0 aromatic carbocycles. The summed E-state index contributed by atoms with van der Waals surface area (Å²) in [7, 11) is 0. The van der Waals surface area contributed by atoms with Crippen molar-refractivity contribution in [3.05, 3.63) is 18.2 Å². The molecule has 3 rings (SSSR count). The fraction of sp³-hybridized carbons (Fsp3) is 0.583. The summed E-state index contributed by atoms with van der Waals surface area (Å²) in [6.45, 7) is 2.30. The molecular formula is C12H15FN4O2. The second-order valence-electron chi connectivity index (χ2n) is 4.74. The number of anilines is 1. The van der Waals surface area contributed by atoms with Crippen molar-refractivity contribution in [3.63, 3.8) is 0 Å². The second kappa shape index (κ2) is 5.08. The second-order valence-corrected chi connectivity index (χ2v) is 4.74. The van der Waals surface area contributed by atoms with Crippen LogP contribution in [0.4, 0.5) is 10.3 Å². The van der Waals surface area contributed by atoms with E-state index in [4.69, 9.17) is 4.74 Å². The first kappa shape index (κ1) is 12.3. The number of rotatable bonds is 1. The minimum atomic E-state index is -0.455. The maximum atomic E-state index is 12.8. The number of aromatic nitrogens is 2. The van der Waals surface area contributed by atoms with Gasteiger partial charge < -0.3 is 15.0 Å². The van der Waals surface area contributed by atoms with Crippen LogP contribution < -0.4 is 10.2 Å². The average molecular weight is 266 g/mol. The van der Waals surface area contributed by atoms with Crippen molar-refractivity contribution in [2.75, 3.05) is 31.1 Å². The maximum absolute atomic E-state index is 12.8. The molecular weight excluding hydrogens is 251 g/mol. The minimum Gasteiger partial charge on any atom is -0.374 e. The number of hydrogen-bond donors (Lipinski definition) is 1. The van der Waals surface area contributed by atoms with E-state index in [0.717, 1.165) is 12.4 Å². The highest BCUT2D eigenvalue weighted by molar-refractivity contribution is 5.79. The van der Waals surface area contributed by atoms with Crippen LogP contribution in [-0.2, 0) is 9.53 Å². The summed E-state index contributed by atoms with van der Waals surface area (Å²) in [5.41, 5.74) is 0. The average Bonchev–Trinajstić information content (AvgIpc) is 2.61. The molecule has 2 atom stereocenters. The molecule has 1 amide bonds. The van der Waals surface area contributed by atoms with Crippen molar-refractivity contribution in [1.29, 1.82) is 0 Å². The van der Waals surface area contributed by atoms with Crippen molar-refractivity contribution in [3.8, 4) is 0 Å². The van der Waals surface area contributed by atoms with Crippen molar-refractivity contribution < 1.29 is 13.9 Å². The number of nitrogens with zero attached hydrogens (tertiary/aromatic N) is 3. The van der Waals surface area contributed by atoms with Crippen molar-refractivity contribution >= 4 is 11.9 Å². The number of amides is 1. The summed E-state index contributed by atoms with van der Waals surface area (Å²) < 4.78 is 18.5. The molecule has 7 heteroatoms.